The minimum Gasteiger partial charge on any atom is -0.385 e. The predicted molar refractivity (Wildman–Crippen MR) is 215 cm³/mol. The van der Waals surface area contributed by atoms with Crippen LogP contribution in [0.4, 0.5) is 11.6 Å². The summed E-state index contributed by atoms with van der Waals surface area (Å²) in [5.41, 5.74) is 19.2. The van der Waals surface area contributed by atoms with Gasteiger partial charge in [-0.15, -0.1) is 20.4 Å². The van der Waals surface area contributed by atoms with Crippen molar-refractivity contribution in [1.29, 1.82) is 0 Å². The zero-order valence-corrected chi connectivity index (χ0v) is 33.7. The average Bonchev–Trinajstić information content (AvgIpc) is 3.14. The average molecular weight is 816 g/mol. The molecule has 0 saturated heterocycles. The van der Waals surface area contributed by atoms with Gasteiger partial charge in [0.05, 0.1) is 26.7 Å². The SMILES string of the molecule is CCCOCCCc1nnc(-c2cccc(Cl)c2Cl)c(N)n1.COCCCCCOCCCc1nnc(-c2cccc(Cl)c2Cl)c(N)n1.COCCN. The molecule has 0 aliphatic heterocycles. The zero-order valence-electron chi connectivity index (χ0n) is 30.6. The van der Waals surface area contributed by atoms with Gasteiger partial charge >= 0.3 is 0 Å². The highest BCUT2D eigenvalue weighted by atomic mass is 35.5. The van der Waals surface area contributed by atoms with E-state index in [1.807, 2.05) is 0 Å². The molecule has 0 spiro atoms. The van der Waals surface area contributed by atoms with Crippen LogP contribution < -0.4 is 17.2 Å². The third-order valence-electron chi connectivity index (χ3n) is 7.11. The first-order valence-corrected chi connectivity index (χ1v) is 18.9. The van der Waals surface area contributed by atoms with E-state index in [9.17, 15) is 0 Å². The first-order valence-electron chi connectivity index (χ1n) is 17.4. The van der Waals surface area contributed by atoms with Crippen molar-refractivity contribution in [2.45, 2.75) is 58.3 Å². The first-order chi connectivity index (χ1) is 25.7. The van der Waals surface area contributed by atoms with E-state index in [1.165, 1.54) is 0 Å². The Labute approximate surface area is 332 Å². The van der Waals surface area contributed by atoms with Crippen molar-refractivity contribution in [2.24, 2.45) is 5.73 Å². The van der Waals surface area contributed by atoms with E-state index in [2.05, 4.69) is 42.0 Å². The van der Waals surface area contributed by atoms with Gasteiger partial charge in [0, 0.05) is 77.8 Å². The van der Waals surface area contributed by atoms with Gasteiger partial charge < -0.3 is 36.1 Å². The Bertz CT molecular complexity index is 1620. The first kappa shape index (κ1) is 46.2. The van der Waals surface area contributed by atoms with Crippen molar-refractivity contribution in [3.63, 3.8) is 0 Å². The number of rotatable bonds is 20. The van der Waals surface area contributed by atoms with Gasteiger partial charge in [0.15, 0.2) is 23.3 Å². The van der Waals surface area contributed by atoms with Crippen LogP contribution in [0.25, 0.3) is 22.5 Å². The van der Waals surface area contributed by atoms with Crippen molar-refractivity contribution in [2.75, 3.05) is 71.9 Å². The molecule has 0 fully saturated rings. The number of ether oxygens (including phenoxy) is 4. The lowest BCUT2D eigenvalue weighted by atomic mass is 10.1. The van der Waals surface area contributed by atoms with Gasteiger partial charge in [0.25, 0.3) is 0 Å². The van der Waals surface area contributed by atoms with Gasteiger partial charge in [-0.05, 0) is 50.7 Å². The van der Waals surface area contributed by atoms with Crippen LogP contribution in [0.15, 0.2) is 36.4 Å². The lowest BCUT2D eigenvalue weighted by Gasteiger charge is -2.08. The second-order valence-electron chi connectivity index (χ2n) is 11.4. The predicted octanol–water partition coefficient (Wildman–Crippen LogP) is 7.57. The molecular weight excluding hydrogens is 764 g/mol. The summed E-state index contributed by atoms with van der Waals surface area (Å²) in [6.07, 6.45) is 7.22. The molecule has 6 N–H and O–H groups in total. The van der Waals surface area contributed by atoms with Crippen LogP contribution in [0.1, 0.15) is 57.1 Å². The molecule has 2 aromatic carbocycles. The molecule has 0 radical (unpaired) electrons. The number of benzene rings is 2. The Morgan fingerprint density at radius 2 is 1.02 bits per heavy atom. The number of nitrogens with two attached hydrogens (primary N) is 3. The number of hydrogen-bond acceptors (Lipinski definition) is 13. The molecule has 0 amide bonds. The molecule has 53 heavy (non-hydrogen) atoms. The van der Waals surface area contributed by atoms with Crippen LogP contribution >= 0.6 is 46.4 Å². The standard InChI is InChI=1S/C18H24Cl2N4O2.C15H18Cl2N4O.C3H9NO/c1-25-10-3-2-4-11-26-12-6-9-15-22-18(21)17(24-23-15)13-7-5-8-14(19)16(13)20;1-2-8-22-9-4-7-12-19-15(18)14(21-20-12)10-5-3-6-11(16)13(10)17;1-5-3-2-4/h5,7-8H,2-4,6,9-12H2,1H3,(H2,21,22,23);3,5-6H,2,4,7-9H2,1H3,(H2,18,19,20);2-4H2,1H3. The summed E-state index contributed by atoms with van der Waals surface area (Å²) in [7, 11) is 3.35. The summed E-state index contributed by atoms with van der Waals surface area (Å²) in [4.78, 5) is 8.61. The smallest absolute Gasteiger partial charge is 0.154 e. The number of halogens is 4. The maximum absolute atomic E-state index is 6.21. The van der Waals surface area contributed by atoms with Crippen LogP contribution in [0.2, 0.25) is 20.1 Å². The summed E-state index contributed by atoms with van der Waals surface area (Å²) in [6.45, 7) is 7.05. The van der Waals surface area contributed by atoms with E-state index >= 15 is 0 Å². The maximum atomic E-state index is 6.21. The second-order valence-corrected chi connectivity index (χ2v) is 13.0. The monoisotopic (exact) mass is 813 g/mol. The van der Waals surface area contributed by atoms with Gasteiger partial charge in [-0.1, -0.05) is 77.6 Å². The number of unbranched alkanes of at least 4 members (excludes halogenated alkanes) is 2. The lowest BCUT2D eigenvalue weighted by Crippen LogP contribution is -2.07. The van der Waals surface area contributed by atoms with E-state index in [0.29, 0.717) is 105 Å². The zero-order chi connectivity index (χ0) is 38.8. The molecule has 0 saturated carbocycles. The fraction of sp³-hybridized carbons (Fsp3) is 0.500. The normalized spacial score (nSPS) is 10.7. The second kappa shape index (κ2) is 27.6. The Hall–Kier alpha value is -2.98. The number of nitrogens with zero attached hydrogens (tertiary/aromatic N) is 6. The summed E-state index contributed by atoms with van der Waals surface area (Å²) >= 11 is 24.4. The summed E-state index contributed by atoms with van der Waals surface area (Å²) in [6, 6.07) is 10.5. The number of aromatic nitrogens is 6. The molecule has 0 aliphatic rings. The molecule has 17 heteroatoms. The summed E-state index contributed by atoms with van der Waals surface area (Å²) in [5, 5.41) is 18.2. The van der Waals surface area contributed by atoms with E-state index in [4.69, 9.17) is 77.8 Å². The number of methoxy groups -OCH3 is 2. The van der Waals surface area contributed by atoms with Gasteiger partial charge in [-0.2, -0.15) is 0 Å². The molecule has 4 rings (SSSR count). The third kappa shape index (κ3) is 17.4. The van der Waals surface area contributed by atoms with Crippen LogP contribution in [0.5, 0.6) is 0 Å². The van der Waals surface area contributed by atoms with Crippen molar-refractivity contribution < 1.29 is 18.9 Å². The molecule has 0 aliphatic carbocycles. The molecule has 13 nitrogen and oxygen atoms in total. The molecule has 292 valence electrons. The number of aryl methyl sites for hydroxylation is 2. The van der Waals surface area contributed by atoms with Gasteiger partial charge in [0.1, 0.15) is 11.4 Å². The topological polar surface area (TPSA) is 192 Å². The van der Waals surface area contributed by atoms with E-state index in [0.717, 1.165) is 58.3 Å². The Morgan fingerprint density at radius 1 is 0.566 bits per heavy atom. The minimum atomic E-state index is 0.290. The largest absolute Gasteiger partial charge is 0.385 e. The van der Waals surface area contributed by atoms with Crippen molar-refractivity contribution in [3.05, 3.63) is 68.1 Å². The maximum Gasteiger partial charge on any atom is 0.154 e. The quantitative estimate of drug-likeness (QED) is 0.0741. The lowest BCUT2D eigenvalue weighted by molar-refractivity contribution is 0.124. The van der Waals surface area contributed by atoms with Crippen LogP contribution in [-0.2, 0) is 31.8 Å². The fourth-order valence-corrected chi connectivity index (χ4v) is 5.25. The minimum absolute atomic E-state index is 0.290. The number of hydrogen-bond donors (Lipinski definition) is 3. The van der Waals surface area contributed by atoms with Crippen molar-refractivity contribution in [1.82, 2.24) is 30.4 Å². The van der Waals surface area contributed by atoms with Gasteiger partial charge in [-0.25, -0.2) is 9.97 Å². The fourth-order valence-electron chi connectivity index (χ4n) is 4.47. The highest BCUT2D eigenvalue weighted by molar-refractivity contribution is 6.44. The van der Waals surface area contributed by atoms with Crippen LogP contribution in [0, 0.1) is 0 Å². The Kier molecular flexibility index (Phi) is 24.0. The van der Waals surface area contributed by atoms with Crippen LogP contribution in [0.3, 0.4) is 0 Å². The van der Waals surface area contributed by atoms with E-state index < -0.39 is 0 Å². The summed E-state index contributed by atoms with van der Waals surface area (Å²) in [5.74, 6) is 1.77. The van der Waals surface area contributed by atoms with Crippen molar-refractivity contribution >= 4 is 58.0 Å². The highest BCUT2D eigenvalue weighted by Crippen LogP contribution is 2.35. The molecule has 2 aromatic heterocycles. The molecule has 0 atom stereocenters. The Balaban J connectivity index is 0.000000329. The summed E-state index contributed by atoms with van der Waals surface area (Å²) < 4.78 is 20.6. The van der Waals surface area contributed by atoms with Gasteiger partial charge in [-0.3, -0.25) is 0 Å². The molecule has 2 heterocycles. The molecule has 4 aromatic rings. The highest BCUT2D eigenvalue weighted by Gasteiger charge is 2.15. The number of nitrogen functional groups attached to an aromatic ring is 2. The Morgan fingerprint density at radius 3 is 1.43 bits per heavy atom. The third-order valence-corrected chi connectivity index (χ3v) is 8.75. The van der Waals surface area contributed by atoms with Gasteiger partial charge in [0.2, 0.25) is 0 Å². The van der Waals surface area contributed by atoms with Crippen LogP contribution in [-0.4, -0.2) is 90.8 Å². The van der Waals surface area contributed by atoms with E-state index in [1.54, 1.807) is 50.6 Å². The number of anilines is 2. The van der Waals surface area contributed by atoms with Crippen molar-refractivity contribution in [3.8, 4) is 22.5 Å². The molecule has 0 bridgehead atoms. The molecular formula is C36H51Cl4N9O4. The molecule has 0 unspecified atom stereocenters. The van der Waals surface area contributed by atoms with E-state index in [-0.39, 0.29) is 0 Å².